The van der Waals surface area contributed by atoms with Gasteiger partial charge in [0.15, 0.2) is 11.5 Å². The zero-order chi connectivity index (χ0) is 19.9. The Balaban J connectivity index is 1.52. The van der Waals surface area contributed by atoms with Gasteiger partial charge in [-0.3, -0.25) is 4.79 Å². The smallest absolute Gasteiger partial charge is 0.226 e. The van der Waals surface area contributed by atoms with Crippen LogP contribution in [-0.2, 0) is 11.3 Å². The molecule has 1 aromatic heterocycles. The van der Waals surface area contributed by atoms with E-state index in [2.05, 4.69) is 15.3 Å². The zero-order valence-electron chi connectivity index (χ0n) is 17.0. The fourth-order valence-corrected chi connectivity index (χ4v) is 3.80. The number of methoxy groups -OCH3 is 2. The number of carbonyl (C=O) groups excluding carboxylic acids is 1. The molecule has 1 aromatic carbocycles. The summed E-state index contributed by atoms with van der Waals surface area (Å²) in [5, 5.41) is 7.42. The van der Waals surface area contributed by atoms with Gasteiger partial charge in [-0.15, -0.1) is 0 Å². The molecule has 1 N–H and O–H groups in total. The minimum absolute atomic E-state index is 0.00389. The Labute approximate surface area is 166 Å². The molecule has 0 aliphatic heterocycles. The van der Waals surface area contributed by atoms with E-state index < -0.39 is 0 Å². The molecule has 1 amide bonds. The molecular weight excluding hydrogens is 356 g/mol. The third kappa shape index (κ3) is 4.84. The number of amides is 1. The Hall–Kier alpha value is -2.54. The van der Waals surface area contributed by atoms with E-state index in [9.17, 15) is 4.79 Å². The second kappa shape index (κ2) is 9.59. The second-order valence-corrected chi connectivity index (χ2v) is 7.29. The van der Waals surface area contributed by atoms with Gasteiger partial charge in [0.25, 0.3) is 0 Å². The highest BCUT2D eigenvalue weighted by molar-refractivity contribution is 5.89. The Morgan fingerprint density at radius 3 is 2.75 bits per heavy atom. The maximum Gasteiger partial charge on any atom is 0.226 e. The van der Waals surface area contributed by atoms with Crippen molar-refractivity contribution in [2.45, 2.75) is 44.7 Å². The number of carbonyl (C=O) groups is 1. The van der Waals surface area contributed by atoms with Gasteiger partial charge in [0.1, 0.15) is 5.82 Å². The van der Waals surface area contributed by atoms with Crippen molar-refractivity contribution in [3.63, 3.8) is 0 Å². The normalized spacial score (nSPS) is 14.4. The summed E-state index contributed by atoms with van der Waals surface area (Å²) in [6, 6.07) is 8.12. The summed E-state index contributed by atoms with van der Waals surface area (Å²) < 4.78 is 12.8. The maximum absolute atomic E-state index is 12.4. The molecule has 0 bridgehead atoms. The number of ether oxygens (including phenoxy) is 2. The van der Waals surface area contributed by atoms with Crippen molar-refractivity contribution in [1.82, 2.24) is 14.7 Å². The molecular formula is C21H30N4O3. The molecule has 0 saturated heterocycles. The van der Waals surface area contributed by atoms with Crippen LogP contribution in [0.4, 0.5) is 5.82 Å². The summed E-state index contributed by atoms with van der Waals surface area (Å²) in [5.41, 5.74) is 1.03. The molecule has 2 aromatic rings. The molecule has 1 aliphatic rings. The Kier molecular flexibility index (Phi) is 6.92. The van der Waals surface area contributed by atoms with Crippen molar-refractivity contribution in [1.29, 1.82) is 0 Å². The predicted octanol–water partition coefficient (Wildman–Crippen LogP) is 3.48. The van der Waals surface area contributed by atoms with Gasteiger partial charge in [-0.05, 0) is 26.0 Å². The number of anilines is 1. The topological polar surface area (TPSA) is 68.6 Å². The van der Waals surface area contributed by atoms with E-state index in [-0.39, 0.29) is 5.91 Å². The number of hydrogen-bond acceptors (Lipinski definition) is 5. The molecule has 1 heterocycles. The van der Waals surface area contributed by atoms with Crippen LogP contribution >= 0.6 is 0 Å². The number of benzene rings is 1. The molecule has 7 heteroatoms. The van der Waals surface area contributed by atoms with Gasteiger partial charge in [-0.25, -0.2) is 4.68 Å². The van der Waals surface area contributed by atoms with E-state index in [1.54, 1.807) is 20.4 Å². The number of para-hydroxylation sites is 1. The average Bonchev–Trinajstić information content (AvgIpc) is 3.37. The quantitative estimate of drug-likeness (QED) is 0.715. The summed E-state index contributed by atoms with van der Waals surface area (Å²) in [6.45, 7) is 1.32. The minimum atomic E-state index is 0.00389. The van der Waals surface area contributed by atoms with Crippen LogP contribution < -0.4 is 14.8 Å². The van der Waals surface area contributed by atoms with Crippen molar-refractivity contribution < 1.29 is 14.3 Å². The van der Waals surface area contributed by atoms with Crippen LogP contribution in [0.2, 0.25) is 0 Å². The Morgan fingerprint density at radius 2 is 2.04 bits per heavy atom. The van der Waals surface area contributed by atoms with Crippen LogP contribution in [0.1, 0.15) is 43.7 Å². The standard InChI is InChI=1S/C21H30N4O3/c1-24(15-16-7-6-10-18(27-2)21(16)28-3)14-12-20(26)23-19-11-13-22-25(19)17-8-4-5-9-17/h6-7,10-11,13,17H,4-5,8-9,12,14-15H2,1-3H3,(H,23,26). The van der Waals surface area contributed by atoms with Gasteiger partial charge in [0.05, 0.1) is 26.5 Å². The SMILES string of the molecule is COc1cccc(CN(C)CCC(=O)Nc2ccnn2C2CCCC2)c1OC. The van der Waals surface area contributed by atoms with Gasteiger partial charge >= 0.3 is 0 Å². The lowest BCUT2D eigenvalue weighted by molar-refractivity contribution is -0.116. The number of rotatable bonds is 9. The fourth-order valence-electron chi connectivity index (χ4n) is 3.80. The van der Waals surface area contributed by atoms with Crippen molar-refractivity contribution in [3.05, 3.63) is 36.0 Å². The van der Waals surface area contributed by atoms with E-state index >= 15 is 0 Å². The van der Waals surface area contributed by atoms with Crippen LogP contribution in [0.3, 0.4) is 0 Å². The summed E-state index contributed by atoms with van der Waals surface area (Å²) in [5.74, 6) is 2.26. The highest BCUT2D eigenvalue weighted by Crippen LogP contribution is 2.32. The predicted molar refractivity (Wildman–Crippen MR) is 109 cm³/mol. The third-order valence-corrected chi connectivity index (χ3v) is 5.25. The second-order valence-electron chi connectivity index (χ2n) is 7.29. The number of aromatic nitrogens is 2. The summed E-state index contributed by atoms with van der Waals surface area (Å²) in [6.07, 6.45) is 6.91. The molecule has 152 valence electrons. The molecule has 1 aliphatic carbocycles. The molecule has 0 atom stereocenters. The van der Waals surface area contributed by atoms with E-state index in [1.807, 2.05) is 36.0 Å². The molecule has 0 radical (unpaired) electrons. The number of nitrogens with one attached hydrogen (secondary N) is 1. The van der Waals surface area contributed by atoms with E-state index in [1.165, 1.54) is 12.8 Å². The highest BCUT2D eigenvalue weighted by atomic mass is 16.5. The van der Waals surface area contributed by atoms with E-state index in [0.29, 0.717) is 31.3 Å². The maximum atomic E-state index is 12.4. The summed E-state index contributed by atoms with van der Waals surface area (Å²) in [7, 11) is 5.27. The largest absolute Gasteiger partial charge is 0.493 e. The lowest BCUT2D eigenvalue weighted by atomic mass is 10.1. The van der Waals surface area contributed by atoms with Crippen molar-refractivity contribution in [2.75, 3.05) is 33.1 Å². The third-order valence-electron chi connectivity index (χ3n) is 5.25. The molecule has 1 fully saturated rings. The molecule has 0 spiro atoms. The molecule has 7 nitrogen and oxygen atoms in total. The highest BCUT2D eigenvalue weighted by Gasteiger charge is 2.20. The Bertz CT molecular complexity index is 784. The van der Waals surface area contributed by atoms with Gasteiger partial charge < -0.3 is 19.7 Å². The van der Waals surface area contributed by atoms with Crippen LogP contribution in [0.5, 0.6) is 11.5 Å². The van der Waals surface area contributed by atoms with Crippen LogP contribution in [0.15, 0.2) is 30.5 Å². The number of hydrogen-bond donors (Lipinski definition) is 1. The summed E-state index contributed by atoms with van der Waals surface area (Å²) in [4.78, 5) is 14.5. The first-order chi connectivity index (χ1) is 13.6. The van der Waals surface area contributed by atoms with Gasteiger partial charge in [-0.1, -0.05) is 25.0 Å². The molecule has 3 rings (SSSR count). The molecule has 1 saturated carbocycles. The minimum Gasteiger partial charge on any atom is -0.493 e. The lowest BCUT2D eigenvalue weighted by Crippen LogP contribution is -2.25. The van der Waals surface area contributed by atoms with E-state index in [0.717, 1.165) is 30.0 Å². The average molecular weight is 386 g/mol. The van der Waals surface area contributed by atoms with Gasteiger partial charge in [0.2, 0.25) is 5.91 Å². The molecule has 0 unspecified atom stereocenters. The van der Waals surface area contributed by atoms with Crippen molar-refractivity contribution >= 4 is 11.7 Å². The lowest BCUT2D eigenvalue weighted by Gasteiger charge is -2.19. The van der Waals surface area contributed by atoms with Crippen LogP contribution in [0, 0.1) is 0 Å². The fraction of sp³-hybridized carbons (Fsp3) is 0.524. The first-order valence-corrected chi connectivity index (χ1v) is 9.84. The first-order valence-electron chi connectivity index (χ1n) is 9.84. The zero-order valence-corrected chi connectivity index (χ0v) is 17.0. The van der Waals surface area contributed by atoms with Gasteiger partial charge in [0, 0.05) is 31.1 Å². The number of nitrogens with zero attached hydrogens (tertiary/aromatic N) is 3. The van der Waals surface area contributed by atoms with Crippen LogP contribution in [-0.4, -0.2) is 48.4 Å². The first kappa shape index (κ1) is 20.2. The monoisotopic (exact) mass is 386 g/mol. The van der Waals surface area contributed by atoms with E-state index in [4.69, 9.17) is 9.47 Å². The van der Waals surface area contributed by atoms with Crippen LogP contribution in [0.25, 0.3) is 0 Å². The Morgan fingerprint density at radius 1 is 1.25 bits per heavy atom. The summed E-state index contributed by atoms with van der Waals surface area (Å²) >= 11 is 0. The molecule has 28 heavy (non-hydrogen) atoms. The van der Waals surface area contributed by atoms with Crippen molar-refractivity contribution in [2.24, 2.45) is 0 Å². The van der Waals surface area contributed by atoms with Crippen molar-refractivity contribution in [3.8, 4) is 11.5 Å². The van der Waals surface area contributed by atoms with Gasteiger partial charge in [-0.2, -0.15) is 5.10 Å².